The molecule has 0 rings (SSSR count). The van der Waals surface area contributed by atoms with E-state index in [1.807, 2.05) is 48.5 Å². The fraction of sp³-hybridized carbons (Fsp3) is 0.833. The summed E-state index contributed by atoms with van der Waals surface area (Å²) in [5, 5.41) is 0. The fourth-order valence-electron chi connectivity index (χ4n) is 1.02. The predicted octanol–water partition coefficient (Wildman–Crippen LogP) is 3.45. The van der Waals surface area contributed by atoms with Crippen LogP contribution in [0.25, 0.3) is 0 Å². The van der Waals surface area contributed by atoms with Crippen LogP contribution in [-0.4, -0.2) is 18.3 Å². The Bertz CT molecular complexity index is 193. The molecule has 90 valence electrons. The van der Waals surface area contributed by atoms with Crippen molar-refractivity contribution in [3.05, 3.63) is 11.7 Å². The third-order valence-corrected chi connectivity index (χ3v) is 1.39. The van der Waals surface area contributed by atoms with Gasteiger partial charge in [-0.2, -0.15) is 0 Å². The van der Waals surface area contributed by atoms with Crippen LogP contribution < -0.4 is 0 Å². The van der Waals surface area contributed by atoms with E-state index in [4.69, 9.17) is 14.2 Å². The molecule has 3 heteroatoms. The van der Waals surface area contributed by atoms with E-state index >= 15 is 0 Å². The summed E-state index contributed by atoms with van der Waals surface area (Å²) in [6.07, 6.45) is 0.306. The Balaban J connectivity index is 4.56. The first-order valence-corrected chi connectivity index (χ1v) is 5.53. The molecule has 0 aromatic carbocycles. The Kier molecular flexibility index (Phi) is 6.21. The van der Waals surface area contributed by atoms with Gasteiger partial charge in [-0.25, -0.2) is 0 Å². The summed E-state index contributed by atoms with van der Waals surface area (Å²) in [6.45, 7) is 13.7. The van der Waals surface area contributed by atoms with E-state index < -0.39 is 0 Å². The van der Waals surface area contributed by atoms with E-state index in [-0.39, 0.29) is 18.3 Å². The highest BCUT2D eigenvalue weighted by atomic mass is 16.7. The van der Waals surface area contributed by atoms with Gasteiger partial charge in [0, 0.05) is 6.92 Å². The molecule has 3 nitrogen and oxygen atoms in total. The van der Waals surface area contributed by atoms with Gasteiger partial charge in [0.05, 0.1) is 18.3 Å². The second-order valence-electron chi connectivity index (χ2n) is 4.34. The lowest BCUT2D eigenvalue weighted by atomic mass is 10.4. The highest BCUT2D eigenvalue weighted by Gasteiger charge is 2.12. The van der Waals surface area contributed by atoms with Gasteiger partial charge in [-0.3, -0.25) is 0 Å². The largest absolute Gasteiger partial charge is 0.488 e. The summed E-state index contributed by atoms with van der Waals surface area (Å²) in [7, 11) is 0. The Morgan fingerprint density at radius 3 is 1.27 bits per heavy atom. The highest BCUT2D eigenvalue weighted by molar-refractivity contribution is 4.92. The first-order valence-electron chi connectivity index (χ1n) is 5.53. The van der Waals surface area contributed by atoms with Crippen molar-refractivity contribution in [3.8, 4) is 0 Å². The van der Waals surface area contributed by atoms with Gasteiger partial charge in [-0.15, -0.1) is 0 Å². The first-order chi connectivity index (χ1) is 6.82. The van der Waals surface area contributed by atoms with Crippen molar-refractivity contribution in [2.24, 2.45) is 0 Å². The van der Waals surface area contributed by atoms with Crippen molar-refractivity contribution < 1.29 is 14.2 Å². The van der Waals surface area contributed by atoms with Crippen LogP contribution >= 0.6 is 0 Å². The van der Waals surface area contributed by atoms with Crippen LogP contribution in [0.15, 0.2) is 11.7 Å². The van der Waals surface area contributed by atoms with E-state index in [0.29, 0.717) is 11.7 Å². The number of rotatable bonds is 6. The van der Waals surface area contributed by atoms with Crippen molar-refractivity contribution in [1.82, 2.24) is 0 Å². The van der Waals surface area contributed by atoms with Gasteiger partial charge in [-0.05, 0) is 41.5 Å². The average Bonchev–Trinajstić information content (AvgIpc) is 1.99. The van der Waals surface area contributed by atoms with Gasteiger partial charge >= 0.3 is 5.95 Å². The third-order valence-electron chi connectivity index (χ3n) is 1.39. The van der Waals surface area contributed by atoms with Crippen molar-refractivity contribution >= 4 is 0 Å². The zero-order valence-electron chi connectivity index (χ0n) is 11.0. The van der Waals surface area contributed by atoms with Crippen molar-refractivity contribution in [3.63, 3.8) is 0 Å². The number of allylic oxidation sites excluding steroid dienone is 1. The molecule has 0 amide bonds. The minimum Gasteiger partial charge on any atom is -0.488 e. The van der Waals surface area contributed by atoms with Gasteiger partial charge < -0.3 is 14.2 Å². The molecule has 0 heterocycles. The van der Waals surface area contributed by atoms with E-state index in [1.165, 1.54) is 0 Å². The summed E-state index contributed by atoms with van der Waals surface area (Å²) >= 11 is 0. The SMILES string of the molecule is CC(OC(C)C)=C(OC(C)C)OC(C)C. The Morgan fingerprint density at radius 2 is 1.00 bits per heavy atom. The number of hydrogen-bond donors (Lipinski definition) is 0. The zero-order valence-corrected chi connectivity index (χ0v) is 11.0. The molecule has 0 N–H and O–H groups in total. The van der Waals surface area contributed by atoms with Crippen LogP contribution in [0.4, 0.5) is 0 Å². The Hall–Kier alpha value is -0.860. The number of ether oxygens (including phenoxy) is 3. The van der Waals surface area contributed by atoms with Gasteiger partial charge in [0.1, 0.15) is 0 Å². The molecule has 0 radical (unpaired) electrons. The summed E-state index contributed by atoms with van der Waals surface area (Å²) in [6, 6.07) is 0. The topological polar surface area (TPSA) is 27.7 Å². The molecular formula is C12H24O3. The maximum atomic E-state index is 5.56. The summed E-state index contributed by atoms with van der Waals surface area (Å²) in [5.41, 5.74) is 0. The van der Waals surface area contributed by atoms with Gasteiger partial charge in [0.25, 0.3) is 0 Å². The van der Waals surface area contributed by atoms with Crippen LogP contribution in [0.3, 0.4) is 0 Å². The average molecular weight is 216 g/mol. The molecule has 0 saturated carbocycles. The molecule has 0 aromatic rings. The zero-order chi connectivity index (χ0) is 12.0. The van der Waals surface area contributed by atoms with E-state index in [1.54, 1.807) is 0 Å². The number of hydrogen-bond acceptors (Lipinski definition) is 3. The molecule has 0 aromatic heterocycles. The minimum atomic E-state index is 0.0875. The van der Waals surface area contributed by atoms with Crippen LogP contribution in [0.5, 0.6) is 0 Å². The van der Waals surface area contributed by atoms with Crippen molar-refractivity contribution in [1.29, 1.82) is 0 Å². The summed E-state index contributed by atoms with van der Waals surface area (Å²) < 4.78 is 16.7. The molecule has 0 bridgehead atoms. The maximum Gasteiger partial charge on any atom is 0.319 e. The van der Waals surface area contributed by atoms with E-state index in [0.717, 1.165) is 0 Å². The van der Waals surface area contributed by atoms with Crippen molar-refractivity contribution in [2.75, 3.05) is 0 Å². The van der Waals surface area contributed by atoms with E-state index in [2.05, 4.69) is 0 Å². The molecular weight excluding hydrogens is 192 g/mol. The molecule has 0 aliphatic heterocycles. The predicted molar refractivity (Wildman–Crippen MR) is 61.4 cm³/mol. The highest BCUT2D eigenvalue weighted by Crippen LogP contribution is 2.15. The van der Waals surface area contributed by atoms with Crippen molar-refractivity contribution in [2.45, 2.75) is 66.8 Å². The molecule has 0 fully saturated rings. The smallest absolute Gasteiger partial charge is 0.319 e. The van der Waals surface area contributed by atoms with Gasteiger partial charge in [-0.1, -0.05) is 0 Å². The Morgan fingerprint density at radius 1 is 0.667 bits per heavy atom. The molecule has 0 spiro atoms. The van der Waals surface area contributed by atoms with Gasteiger partial charge in [0.2, 0.25) is 0 Å². The maximum absolute atomic E-state index is 5.56. The molecule has 15 heavy (non-hydrogen) atoms. The van der Waals surface area contributed by atoms with Crippen LogP contribution in [-0.2, 0) is 14.2 Å². The Labute approximate surface area is 93.4 Å². The minimum absolute atomic E-state index is 0.0875. The second kappa shape index (κ2) is 6.59. The third kappa shape index (κ3) is 7.11. The second-order valence-corrected chi connectivity index (χ2v) is 4.34. The molecule has 0 atom stereocenters. The summed E-state index contributed by atoms with van der Waals surface area (Å²) in [5.74, 6) is 1.20. The standard InChI is InChI=1S/C12H24O3/c1-8(2)13-11(7)12(14-9(3)4)15-10(5)6/h8-10H,1-7H3. The normalized spacial score (nSPS) is 10.8. The van der Waals surface area contributed by atoms with Gasteiger partial charge in [0.15, 0.2) is 5.76 Å². The van der Waals surface area contributed by atoms with Crippen LogP contribution in [0.2, 0.25) is 0 Å². The molecule has 0 saturated heterocycles. The lowest BCUT2D eigenvalue weighted by Gasteiger charge is -2.20. The quantitative estimate of drug-likeness (QED) is 0.636. The first kappa shape index (κ1) is 14.1. The summed E-state index contributed by atoms with van der Waals surface area (Å²) in [4.78, 5) is 0. The van der Waals surface area contributed by atoms with Crippen LogP contribution in [0.1, 0.15) is 48.5 Å². The monoisotopic (exact) mass is 216 g/mol. The molecule has 0 unspecified atom stereocenters. The van der Waals surface area contributed by atoms with E-state index in [9.17, 15) is 0 Å². The molecule has 0 aliphatic rings. The molecule has 0 aliphatic carbocycles. The lowest BCUT2D eigenvalue weighted by molar-refractivity contribution is -0.0378. The fourth-order valence-corrected chi connectivity index (χ4v) is 1.02. The van der Waals surface area contributed by atoms with Crippen LogP contribution in [0, 0.1) is 0 Å². The lowest BCUT2D eigenvalue weighted by Crippen LogP contribution is -2.14.